The van der Waals surface area contributed by atoms with E-state index in [2.05, 4.69) is 10.4 Å². The fourth-order valence-corrected chi connectivity index (χ4v) is 2.53. The van der Waals surface area contributed by atoms with Crippen molar-refractivity contribution < 1.29 is 8.78 Å². The molecule has 2 aromatic rings. The number of benzene rings is 1. The second-order valence-corrected chi connectivity index (χ2v) is 5.08. The predicted molar refractivity (Wildman–Crippen MR) is 79.1 cm³/mol. The number of nitrogens with one attached hydrogen (secondary N) is 1. The maximum absolute atomic E-state index is 13.9. The molecule has 1 unspecified atom stereocenters. The average Bonchev–Trinajstić information content (AvgIpc) is 2.82. The Morgan fingerprint density at radius 1 is 1.24 bits per heavy atom. The highest BCUT2D eigenvalue weighted by Crippen LogP contribution is 2.22. The molecule has 0 aliphatic rings. The van der Waals surface area contributed by atoms with Gasteiger partial charge in [0.1, 0.15) is 11.6 Å². The van der Waals surface area contributed by atoms with Crippen molar-refractivity contribution in [3.8, 4) is 0 Å². The van der Waals surface area contributed by atoms with Crippen molar-refractivity contribution in [1.29, 1.82) is 0 Å². The van der Waals surface area contributed by atoms with Crippen LogP contribution in [0.15, 0.2) is 24.3 Å². The Morgan fingerprint density at radius 3 is 2.62 bits per heavy atom. The molecule has 0 radical (unpaired) electrons. The minimum atomic E-state index is -0.550. The fraction of sp³-hybridized carbons (Fsp3) is 0.438. The van der Waals surface area contributed by atoms with Crippen molar-refractivity contribution in [3.63, 3.8) is 0 Å². The largest absolute Gasteiger partial charge is 0.309 e. The lowest BCUT2D eigenvalue weighted by atomic mass is 10.0. The van der Waals surface area contributed by atoms with Crippen molar-refractivity contribution in [3.05, 3.63) is 52.9 Å². The lowest BCUT2D eigenvalue weighted by molar-refractivity contribution is 0.478. The van der Waals surface area contributed by atoms with Gasteiger partial charge in [-0.25, -0.2) is 8.78 Å². The van der Waals surface area contributed by atoms with Crippen LogP contribution in [0.1, 0.15) is 36.8 Å². The van der Waals surface area contributed by atoms with E-state index in [1.54, 1.807) is 0 Å². The van der Waals surface area contributed by atoms with Crippen LogP contribution in [0.3, 0.4) is 0 Å². The smallest absolute Gasteiger partial charge is 0.129 e. The van der Waals surface area contributed by atoms with Crippen molar-refractivity contribution in [2.75, 3.05) is 6.54 Å². The summed E-state index contributed by atoms with van der Waals surface area (Å²) in [6.45, 7) is 7.50. The first kappa shape index (κ1) is 15.6. The Bertz CT molecular complexity index is 608. The van der Waals surface area contributed by atoms with Gasteiger partial charge < -0.3 is 5.32 Å². The number of aromatic nitrogens is 2. The highest BCUT2D eigenvalue weighted by molar-refractivity contribution is 5.23. The van der Waals surface area contributed by atoms with Crippen molar-refractivity contribution in [2.24, 2.45) is 0 Å². The molecule has 0 saturated heterocycles. The normalized spacial score (nSPS) is 12.6. The van der Waals surface area contributed by atoms with Crippen LogP contribution < -0.4 is 5.32 Å². The van der Waals surface area contributed by atoms with Crippen LogP contribution in [-0.2, 0) is 13.0 Å². The van der Waals surface area contributed by atoms with E-state index in [0.29, 0.717) is 12.0 Å². The van der Waals surface area contributed by atoms with Gasteiger partial charge in [0.05, 0.1) is 17.4 Å². The highest BCUT2D eigenvalue weighted by Gasteiger charge is 2.18. The third kappa shape index (κ3) is 3.67. The summed E-state index contributed by atoms with van der Waals surface area (Å²) in [4.78, 5) is 0. The van der Waals surface area contributed by atoms with Crippen LogP contribution in [0, 0.1) is 18.6 Å². The first-order valence-electron chi connectivity index (χ1n) is 7.26. The van der Waals surface area contributed by atoms with E-state index in [9.17, 15) is 8.78 Å². The summed E-state index contributed by atoms with van der Waals surface area (Å²) in [5.41, 5.74) is 2.47. The molecule has 3 nitrogen and oxygen atoms in total. The molecule has 0 fully saturated rings. The molecule has 1 N–H and O–H groups in total. The van der Waals surface area contributed by atoms with Crippen LogP contribution in [0.5, 0.6) is 0 Å². The zero-order valence-electron chi connectivity index (χ0n) is 12.7. The van der Waals surface area contributed by atoms with Gasteiger partial charge in [-0.05, 0) is 44.5 Å². The Hall–Kier alpha value is -1.75. The van der Waals surface area contributed by atoms with E-state index in [1.165, 1.54) is 12.1 Å². The summed E-state index contributed by atoms with van der Waals surface area (Å²) in [5, 5.41) is 7.79. The van der Waals surface area contributed by atoms with E-state index in [-0.39, 0.29) is 6.04 Å². The Labute approximate surface area is 124 Å². The van der Waals surface area contributed by atoms with E-state index in [1.807, 2.05) is 31.5 Å². The monoisotopic (exact) mass is 293 g/mol. The summed E-state index contributed by atoms with van der Waals surface area (Å²) in [6.07, 6.45) is 0.463. The molecule has 1 aromatic carbocycles. The van der Waals surface area contributed by atoms with Gasteiger partial charge in [0.15, 0.2) is 0 Å². The van der Waals surface area contributed by atoms with Crippen LogP contribution in [0.2, 0.25) is 0 Å². The molecule has 21 heavy (non-hydrogen) atoms. The third-order valence-electron chi connectivity index (χ3n) is 3.48. The highest BCUT2D eigenvalue weighted by atomic mass is 19.1. The predicted octanol–water partition coefficient (Wildman–Crippen LogP) is 3.38. The molecule has 0 aliphatic heterocycles. The van der Waals surface area contributed by atoms with Gasteiger partial charge in [-0.1, -0.05) is 13.0 Å². The lowest BCUT2D eigenvalue weighted by Gasteiger charge is -2.19. The number of likely N-dealkylation sites (N-methyl/N-ethyl adjacent to an activating group) is 1. The van der Waals surface area contributed by atoms with E-state index < -0.39 is 11.6 Å². The summed E-state index contributed by atoms with van der Waals surface area (Å²) in [5.74, 6) is -1.05. The van der Waals surface area contributed by atoms with Gasteiger partial charge in [0.2, 0.25) is 0 Å². The summed E-state index contributed by atoms with van der Waals surface area (Å²) < 4.78 is 28.8. The zero-order valence-corrected chi connectivity index (χ0v) is 12.7. The Morgan fingerprint density at radius 2 is 2.00 bits per heavy atom. The number of rotatable bonds is 6. The van der Waals surface area contributed by atoms with Crippen LogP contribution in [0.4, 0.5) is 8.78 Å². The fourth-order valence-electron chi connectivity index (χ4n) is 2.53. The summed E-state index contributed by atoms with van der Waals surface area (Å²) >= 11 is 0. The second kappa shape index (κ2) is 6.80. The molecule has 0 aliphatic carbocycles. The second-order valence-electron chi connectivity index (χ2n) is 5.08. The molecular weight excluding hydrogens is 272 g/mol. The molecule has 1 aromatic heterocycles. The van der Waals surface area contributed by atoms with Crippen molar-refractivity contribution in [1.82, 2.24) is 15.1 Å². The van der Waals surface area contributed by atoms with Gasteiger partial charge >= 0.3 is 0 Å². The number of aryl methyl sites for hydroxylation is 2. The molecule has 2 rings (SSSR count). The van der Waals surface area contributed by atoms with E-state index in [4.69, 9.17) is 0 Å². The van der Waals surface area contributed by atoms with E-state index in [0.717, 1.165) is 30.5 Å². The molecule has 1 atom stereocenters. The Kier molecular flexibility index (Phi) is 5.07. The minimum absolute atomic E-state index is 0.0453. The molecular formula is C16H21F2N3. The molecule has 0 bridgehead atoms. The Balaban J connectivity index is 2.30. The third-order valence-corrected chi connectivity index (χ3v) is 3.48. The van der Waals surface area contributed by atoms with Crippen LogP contribution >= 0.6 is 0 Å². The quantitative estimate of drug-likeness (QED) is 0.885. The van der Waals surface area contributed by atoms with E-state index >= 15 is 0 Å². The number of nitrogens with zero attached hydrogens (tertiary/aromatic N) is 2. The van der Waals surface area contributed by atoms with Gasteiger partial charge in [0, 0.05) is 12.6 Å². The molecule has 0 spiro atoms. The van der Waals surface area contributed by atoms with Gasteiger partial charge in [-0.2, -0.15) is 5.10 Å². The number of hydrogen-bond acceptors (Lipinski definition) is 2. The first-order chi connectivity index (χ1) is 10.0. The summed E-state index contributed by atoms with van der Waals surface area (Å²) in [6, 6.07) is 5.70. The number of hydrogen-bond donors (Lipinski definition) is 1. The maximum Gasteiger partial charge on any atom is 0.129 e. The minimum Gasteiger partial charge on any atom is -0.309 e. The van der Waals surface area contributed by atoms with Gasteiger partial charge in [0.25, 0.3) is 0 Å². The zero-order chi connectivity index (χ0) is 15.4. The average molecular weight is 293 g/mol. The van der Waals surface area contributed by atoms with Gasteiger partial charge in [-0.3, -0.25) is 4.68 Å². The lowest BCUT2D eigenvalue weighted by Crippen LogP contribution is -2.26. The standard InChI is InChI=1S/C16H21F2N3/c1-4-19-15(16-8-11(3)20-21(16)5-2)9-12-6-7-13(17)10-14(12)18/h6-8,10,15,19H,4-5,9H2,1-3H3. The molecule has 1 heterocycles. The topological polar surface area (TPSA) is 29.9 Å². The van der Waals surface area contributed by atoms with Gasteiger partial charge in [-0.15, -0.1) is 0 Å². The summed E-state index contributed by atoms with van der Waals surface area (Å²) in [7, 11) is 0. The van der Waals surface area contributed by atoms with Crippen molar-refractivity contribution >= 4 is 0 Å². The van der Waals surface area contributed by atoms with Crippen molar-refractivity contribution in [2.45, 2.75) is 39.8 Å². The first-order valence-corrected chi connectivity index (χ1v) is 7.26. The molecule has 114 valence electrons. The molecule has 0 saturated carbocycles. The van der Waals surface area contributed by atoms with Crippen LogP contribution in [-0.4, -0.2) is 16.3 Å². The van der Waals surface area contributed by atoms with Crippen LogP contribution in [0.25, 0.3) is 0 Å². The molecule has 0 amide bonds. The molecule has 5 heteroatoms. The SMILES string of the molecule is CCNC(Cc1ccc(F)cc1F)c1cc(C)nn1CC. The number of halogens is 2. The maximum atomic E-state index is 13.9.